The molecule has 0 aromatic heterocycles. The summed E-state index contributed by atoms with van der Waals surface area (Å²) in [5.41, 5.74) is 12.7. The van der Waals surface area contributed by atoms with Crippen molar-refractivity contribution in [3.05, 3.63) is 68.6 Å². The number of carbonyl (C=O) groups is 2. The van der Waals surface area contributed by atoms with Gasteiger partial charge in [-0.3, -0.25) is 4.79 Å². The van der Waals surface area contributed by atoms with Gasteiger partial charge in [-0.2, -0.15) is 0 Å². The minimum absolute atomic E-state index is 0. The first kappa shape index (κ1) is 38.4. The number of benzene rings is 1. The number of nitrogens with zero attached hydrogens (tertiary/aromatic N) is 1. The summed E-state index contributed by atoms with van der Waals surface area (Å²) in [7, 11) is 1.50. The molecule has 5 N–H and O–H groups in total. The maximum Gasteiger partial charge on any atom is 1.00 e. The second-order valence-electron chi connectivity index (χ2n) is 5.60. The summed E-state index contributed by atoms with van der Waals surface area (Å²) in [5, 5.41) is 2.39. The number of hydrogen-bond acceptors (Lipinski definition) is 5. The van der Waals surface area contributed by atoms with Gasteiger partial charge < -0.3 is 40.8 Å². The van der Waals surface area contributed by atoms with Gasteiger partial charge in [0.2, 0.25) is 5.91 Å². The molecule has 0 aliphatic carbocycles. The molecule has 1 fully saturated rings. The summed E-state index contributed by atoms with van der Waals surface area (Å²) in [6.07, 6.45) is 4.63. The van der Waals surface area contributed by atoms with E-state index in [4.69, 9.17) is 5.73 Å². The largest absolute Gasteiger partial charge is 1.00 e. The Morgan fingerprint density at radius 1 is 1.29 bits per heavy atom. The standard InChI is InChI=1S/C18H22N3O2S.C2H6.CH5N.CH3.Rb.W/c1-3-13(11-19)14-6-8-15(9-7-14)18(24)20-17(23)16-5-4-10-21(16)12(2)22;2*1-2;;;/h3,6-9,11,16,18,24H,1-2,4-5,10,19H2,(H,20,23);1-2H3;2H2,1H3;1H3;;/q-1;;;-1;+1;/b13-11+;;;;;. The van der Waals surface area contributed by atoms with E-state index in [9.17, 15) is 9.59 Å². The van der Waals surface area contributed by atoms with Gasteiger partial charge in [0, 0.05) is 33.8 Å². The third-order valence-corrected chi connectivity index (χ3v) is 4.54. The summed E-state index contributed by atoms with van der Waals surface area (Å²) < 4.78 is 0. The van der Waals surface area contributed by atoms with Crippen LogP contribution in [0.2, 0.25) is 0 Å². The van der Waals surface area contributed by atoms with Crippen molar-refractivity contribution in [2.75, 3.05) is 13.6 Å². The summed E-state index contributed by atoms with van der Waals surface area (Å²) in [4.78, 5) is 25.4. The first-order valence-electron chi connectivity index (χ1n) is 9.31. The zero-order chi connectivity index (χ0) is 21.7. The van der Waals surface area contributed by atoms with Crippen LogP contribution in [0.15, 0.2) is 43.1 Å². The second kappa shape index (κ2) is 21.9. The van der Waals surface area contributed by atoms with Crippen molar-refractivity contribution in [1.82, 2.24) is 10.2 Å². The summed E-state index contributed by atoms with van der Waals surface area (Å²) in [6, 6.07) is 7.08. The van der Waals surface area contributed by atoms with Crippen LogP contribution in [-0.4, -0.2) is 36.3 Å². The van der Waals surface area contributed by atoms with E-state index < -0.39 is 11.4 Å². The van der Waals surface area contributed by atoms with E-state index in [0.717, 1.165) is 23.1 Å². The average molecular weight is 690 g/mol. The number of carbonyl (C=O) groups excluding carboxylic acids is 2. The van der Waals surface area contributed by atoms with E-state index in [2.05, 4.69) is 37.2 Å². The van der Waals surface area contributed by atoms with E-state index >= 15 is 0 Å². The maximum atomic E-state index is 12.4. The van der Waals surface area contributed by atoms with Crippen LogP contribution in [0.25, 0.3) is 5.57 Å². The third kappa shape index (κ3) is 12.2. The second-order valence-corrected chi connectivity index (χ2v) is 6.12. The van der Waals surface area contributed by atoms with E-state index in [-0.39, 0.29) is 98.5 Å². The Hall–Kier alpha value is 0.114. The van der Waals surface area contributed by atoms with Gasteiger partial charge in [0.15, 0.2) is 0 Å². The van der Waals surface area contributed by atoms with Gasteiger partial charge in [-0.25, -0.2) is 0 Å². The van der Waals surface area contributed by atoms with Gasteiger partial charge >= 0.3 is 58.2 Å². The number of rotatable bonds is 5. The van der Waals surface area contributed by atoms with Crippen LogP contribution in [0.3, 0.4) is 0 Å². The molecular formula is C22H36N4O2RbSW-. The summed E-state index contributed by atoms with van der Waals surface area (Å²) in [6.45, 7) is 11.7. The van der Waals surface area contributed by atoms with Gasteiger partial charge in [-0.05, 0) is 36.6 Å². The summed E-state index contributed by atoms with van der Waals surface area (Å²) >= 11 is 4.45. The molecule has 0 saturated carbocycles. The number of nitrogens with two attached hydrogens (primary N) is 2. The van der Waals surface area contributed by atoms with Crippen molar-refractivity contribution in [2.24, 2.45) is 11.5 Å². The van der Waals surface area contributed by atoms with Crippen molar-refractivity contribution in [1.29, 1.82) is 0 Å². The fourth-order valence-corrected chi connectivity index (χ4v) is 3.09. The van der Waals surface area contributed by atoms with Crippen molar-refractivity contribution in [3.8, 4) is 0 Å². The molecule has 31 heavy (non-hydrogen) atoms. The fraction of sp³-hybridized carbons (Fsp3) is 0.364. The monoisotopic (exact) mass is 689 g/mol. The Morgan fingerprint density at radius 2 is 1.81 bits per heavy atom. The topological polar surface area (TPSA) is 101 Å². The minimum Gasteiger partial charge on any atom is -0.404 e. The maximum absolute atomic E-state index is 12.4. The van der Waals surface area contributed by atoms with Gasteiger partial charge in [0.1, 0.15) is 6.04 Å². The van der Waals surface area contributed by atoms with Crippen LogP contribution in [0.1, 0.15) is 43.2 Å². The number of nitrogens with one attached hydrogen (secondary N) is 1. The number of hydrogen-bond donors (Lipinski definition) is 4. The Kier molecular flexibility index (Phi) is 27.2. The molecule has 2 rings (SSSR count). The Balaban J connectivity index is -0.000000491. The SMILES string of the molecule is C=C/C(=C\N)c1ccc(C(S)NC(=O)C2CCCN2C([CH2-])=O)cc1.CC.CN.[CH3-].[Rb+].[W]. The van der Waals surface area contributed by atoms with E-state index in [1.54, 1.807) is 6.08 Å². The molecule has 1 heterocycles. The molecule has 6 nitrogen and oxygen atoms in total. The van der Waals surface area contributed by atoms with Crippen LogP contribution in [0, 0.1) is 14.4 Å². The van der Waals surface area contributed by atoms with Crippen LogP contribution in [0.4, 0.5) is 0 Å². The van der Waals surface area contributed by atoms with E-state index in [1.165, 1.54) is 18.1 Å². The van der Waals surface area contributed by atoms with E-state index in [0.29, 0.717) is 13.0 Å². The third-order valence-electron chi connectivity index (χ3n) is 4.11. The predicted molar refractivity (Wildman–Crippen MR) is 127 cm³/mol. The Labute approximate surface area is 257 Å². The minimum atomic E-state index is -0.462. The number of thiol groups is 1. The smallest absolute Gasteiger partial charge is 0.404 e. The first-order valence-corrected chi connectivity index (χ1v) is 9.83. The zero-order valence-corrected chi connectivity index (χ0v) is 28.2. The predicted octanol–water partition coefficient (Wildman–Crippen LogP) is 0.0948. The molecule has 1 aliphatic rings. The van der Waals surface area contributed by atoms with Crippen LogP contribution in [-0.2, 0) is 30.7 Å². The molecule has 1 aliphatic heterocycles. The molecular weight excluding hydrogens is 654 g/mol. The molecule has 2 amide bonds. The van der Waals surface area contributed by atoms with Crippen molar-refractivity contribution >= 4 is 30.0 Å². The molecule has 170 valence electrons. The Bertz CT molecular complexity index is 672. The molecule has 2 unspecified atom stereocenters. The normalized spacial score (nSPS) is 15.1. The molecule has 2 atom stereocenters. The van der Waals surface area contributed by atoms with Gasteiger partial charge in [-0.15, -0.1) is 12.6 Å². The number of likely N-dealkylation sites (tertiary alicyclic amines) is 1. The fourth-order valence-electron chi connectivity index (χ4n) is 2.79. The number of amides is 2. The quantitative estimate of drug-likeness (QED) is 0.153. The first-order chi connectivity index (χ1) is 13.5. The van der Waals surface area contributed by atoms with Crippen molar-refractivity contribution in [3.63, 3.8) is 0 Å². The van der Waals surface area contributed by atoms with Crippen LogP contribution >= 0.6 is 12.6 Å². The molecule has 9 heteroatoms. The molecule has 0 bridgehead atoms. The van der Waals surface area contributed by atoms with E-state index in [1.807, 2.05) is 38.1 Å². The molecule has 1 aromatic carbocycles. The molecule has 1 saturated heterocycles. The Morgan fingerprint density at radius 3 is 2.23 bits per heavy atom. The van der Waals surface area contributed by atoms with Gasteiger partial charge in [0.05, 0.1) is 11.3 Å². The van der Waals surface area contributed by atoms with Gasteiger partial charge in [0.25, 0.3) is 0 Å². The average Bonchev–Trinajstić information content (AvgIpc) is 3.23. The molecule has 0 radical (unpaired) electrons. The summed E-state index contributed by atoms with van der Waals surface area (Å²) in [5.74, 6) is -0.527. The van der Waals surface area contributed by atoms with Crippen molar-refractivity contribution < 1.29 is 88.8 Å². The van der Waals surface area contributed by atoms with Crippen LogP contribution in [0.5, 0.6) is 0 Å². The van der Waals surface area contributed by atoms with Gasteiger partial charge in [-0.1, -0.05) is 50.8 Å². The molecule has 1 aromatic rings. The molecule has 0 spiro atoms. The number of allylic oxidation sites excluding steroid dienone is 2. The van der Waals surface area contributed by atoms with Crippen molar-refractivity contribution in [2.45, 2.75) is 38.1 Å². The zero-order valence-electron chi connectivity index (χ0n) is 19.4. The van der Waals surface area contributed by atoms with Crippen LogP contribution < -0.4 is 75.0 Å².